The highest BCUT2D eigenvalue weighted by Gasteiger charge is 2.12. The fourth-order valence-electron chi connectivity index (χ4n) is 1.89. The Morgan fingerprint density at radius 1 is 1.26 bits per heavy atom. The van der Waals surface area contributed by atoms with Crippen LogP contribution in [-0.2, 0) is 11.3 Å². The summed E-state index contributed by atoms with van der Waals surface area (Å²) in [6.07, 6.45) is 3.01. The van der Waals surface area contributed by atoms with Crippen molar-refractivity contribution in [3.8, 4) is 17.1 Å². The first-order chi connectivity index (χ1) is 11.3. The van der Waals surface area contributed by atoms with Crippen molar-refractivity contribution < 1.29 is 18.8 Å². The third kappa shape index (κ3) is 3.52. The van der Waals surface area contributed by atoms with Gasteiger partial charge < -0.3 is 14.0 Å². The molecule has 3 aromatic rings. The molecule has 23 heavy (non-hydrogen) atoms. The number of hydrogen-bond donors (Lipinski definition) is 0. The van der Waals surface area contributed by atoms with E-state index < -0.39 is 5.97 Å². The highest BCUT2D eigenvalue weighted by atomic mass is 16.6. The summed E-state index contributed by atoms with van der Waals surface area (Å²) in [5, 5.41) is 3.87. The molecular formula is C16H13N3O4. The maximum Gasteiger partial charge on any atom is 0.340 e. The van der Waals surface area contributed by atoms with Gasteiger partial charge in [0.05, 0.1) is 12.7 Å². The SMILES string of the molecule is COc1cccc(-c2noc(COC(=O)c3cccnc3)n2)c1. The number of aromatic nitrogens is 3. The molecule has 116 valence electrons. The number of hydrogen-bond acceptors (Lipinski definition) is 7. The minimum atomic E-state index is -0.501. The third-order valence-corrected chi connectivity index (χ3v) is 3.02. The molecule has 0 aliphatic heterocycles. The van der Waals surface area contributed by atoms with Crippen LogP contribution in [0.25, 0.3) is 11.4 Å². The van der Waals surface area contributed by atoms with Gasteiger partial charge in [-0.1, -0.05) is 17.3 Å². The molecule has 0 aliphatic rings. The highest BCUT2D eigenvalue weighted by Crippen LogP contribution is 2.21. The first-order valence-electron chi connectivity index (χ1n) is 6.80. The maximum atomic E-state index is 11.8. The van der Waals surface area contributed by atoms with Crippen molar-refractivity contribution in [1.82, 2.24) is 15.1 Å². The first kappa shape index (κ1) is 14.7. The normalized spacial score (nSPS) is 10.3. The summed E-state index contributed by atoms with van der Waals surface area (Å²) in [5.41, 5.74) is 1.11. The molecule has 1 aromatic carbocycles. The van der Waals surface area contributed by atoms with Crippen molar-refractivity contribution >= 4 is 5.97 Å². The molecule has 0 bridgehead atoms. The number of nitrogens with zero attached hydrogens (tertiary/aromatic N) is 3. The van der Waals surface area contributed by atoms with Gasteiger partial charge in [-0.3, -0.25) is 4.98 Å². The van der Waals surface area contributed by atoms with Crippen LogP contribution < -0.4 is 4.74 Å². The molecule has 0 radical (unpaired) electrons. The zero-order chi connectivity index (χ0) is 16.1. The monoisotopic (exact) mass is 311 g/mol. The van der Waals surface area contributed by atoms with Crippen LogP contribution in [0.5, 0.6) is 5.75 Å². The predicted molar refractivity (Wildman–Crippen MR) is 79.6 cm³/mol. The lowest BCUT2D eigenvalue weighted by Crippen LogP contribution is -2.05. The minimum Gasteiger partial charge on any atom is -0.497 e. The zero-order valence-corrected chi connectivity index (χ0v) is 12.3. The highest BCUT2D eigenvalue weighted by molar-refractivity contribution is 5.88. The molecule has 0 saturated heterocycles. The largest absolute Gasteiger partial charge is 0.497 e. The number of methoxy groups -OCH3 is 1. The van der Waals surface area contributed by atoms with Gasteiger partial charge in [-0.2, -0.15) is 4.98 Å². The lowest BCUT2D eigenvalue weighted by molar-refractivity contribution is 0.0429. The number of carbonyl (C=O) groups is 1. The Balaban J connectivity index is 1.66. The summed E-state index contributed by atoms with van der Waals surface area (Å²) >= 11 is 0. The number of benzene rings is 1. The van der Waals surface area contributed by atoms with Gasteiger partial charge in [-0.15, -0.1) is 0 Å². The second-order valence-corrected chi connectivity index (χ2v) is 4.56. The minimum absolute atomic E-state index is 0.106. The summed E-state index contributed by atoms with van der Waals surface area (Å²) in [4.78, 5) is 19.9. The van der Waals surface area contributed by atoms with Crippen LogP contribution in [0.3, 0.4) is 0 Å². The van der Waals surface area contributed by atoms with Crippen molar-refractivity contribution in [3.05, 3.63) is 60.2 Å². The van der Waals surface area contributed by atoms with E-state index in [0.717, 1.165) is 5.56 Å². The van der Waals surface area contributed by atoms with Gasteiger partial charge in [0.15, 0.2) is 6.61 Å². The molecule has 2 heterocycles. The summed E-state index contributed by atoms with van der Waals surface area (Å²) < 4.78 is 15.3. The zero-order valence-electron chi connectivity index (χ0n) is 12.3. The molecule has 0 unspecified atom stereocenters. The van der Waals surface area contributed by atoms with Crippen LogP contribution in [0.15, 0.2) is 53.3 Å². The van der Waals surface area contributed by atoms with Crippen LogP contribution >= 0.6 is 0 Å². The topological polar surface area (TPSA) is 87.3 Å². The third-order valence-electron chi connectivity index (χ3n) is 3.02. The first-order valence-corrected chi connectivity index (χ1v) is 6.80. The van der Waals surface area contributed by atoms with Crippen molar-refractivity contribution in [2.24, 2.45) is 0 Å². The second-order valence-electron chi connectivity index (χ2n) is 4.56. The average Bonchev–Trinajstić information content (AvgIpc) is 3.09. The van der Waals surface area contributed by atoms with E-state index in [1.807, 2.05) is 18.2 Å². The Bertz CT molecular complexity index is 802. The van der Waals surface area contributed by atoms with Crippen molar-refractivity contribution in [2.45, 2.75) is 6.61 Å². The van der Waals surface area contributed by atoms with E-state index in [1.165, 1.54) is 6.20 Å². The summed E-state index contributed by atoms with van der Waals surface area (Å²) in [6, 6.07) is 10.5. The van der Waals surface area contributed by atoms with Crippen molar-refractivity contribution in [3.63, 3.8) is 0 Å². The number of pyridine rings is 1. The van der Waals surface area contributed by atoms with Gasteiger partial charge in [0.2, 0.25) is 5.82 Å². The number of ether oxygens (including phenoxy) is 2. The number of carbonyl (C=O) groups excluding carboxylic acids is 1. The van der Waals surface area contributed by atoms with Gasteiger partial charge in [-0.25, -0.2) is 4.79 Å². The van der Waals surface area contributed by atoms with Crippen LogP contribution in [-0.4, -0.2) is 28.2 Å². The Hall–Kier alpha value is -3.22. The molecule has 0 amide bonds. The van der Waals surface area contributed by atoms with Crippen LogP contribution in [0.4, 0.5) is 0 Å². The molecule has 2 aromatic heterocycles. The maximum absolute atomic E-state index is 11.8. The Morgan fingerprint density at radius 2 is 2.17 bits per heavy atom. The summed E-state index contributed by atoms with van der Waals surface area (Å²) in [6.45, 7) is -0.106. The quantitative estimate of drug-likeness (QED) is 0.669. The molecule has 7 heteroatoms. The smallest absolute Gasteiger partial charge is 0.340 e. The summed E-state index contributed by atoms with van der Waals surface area (Å²) in [7, 11) is 1.58. The van der Waals surface area contributed by atoms with Gasteiger partial charge in [0.25, 0.3) is 5.89 Å². The lowest BCUT2D eigenvalue weighted by atomic mass is 10.2. The molecule has 0 fully saturated rings. The van der Waals surface area contributed by atoms with Gasteiger partial charge in [0.1, 0.15) is 5.75 Å². The van der Waals surface area contributed by atoms with E-state index in [2.05, 4.69) is 15.1 Å². The molecule has 0 atom stereocenters. The van der Waals surface area contributed by atoms with E-state index >= 15 is 0 Å². The second kappa shape index (κ2) is 6.69. The predicted octanol–water partition coefficient (Wildman–Crippen LogP) is 2.50. The Kier molecular flexibility index (Phi) is 4.28. The van der Waals surface area contributed by atoms with Gasteiger partial charge in [-0.05, 0) is 24.3 Å². The fraction of sp³-hybridized carbons (Fsp3) is 0.125. The molecule has 7 nitrogen and oxygen atoms in total. The van der Waals surface area contributed by atoms with Crippen LogP contribution in [0.2, 0.25) is 0 Å². The number of rotatable bonds is 5. The standard InChI is InChI=1S/C16H13N3O4/c1-21-13-6-2-4-11(8-13)15-18-14(23-19-15)10-22-16(20)12-5-3-7-17-9-12/h2-9H,10H2,1H3. The Morgan fingerprint density at radius 3 is 2.96 bits per heavy atom. The average molecular weight is 311 g/mol. The molecule has 0 N–H and O–H groups in total. The molecular weight excluding hydrogens is 298 g/mol. The van der Waals surface area contributed by atoms with E-state index in [4.69, 9.17) is 14.0 Å². The van der Waals surface area contributed by atoms with E-state index in [9.17, 15) is 4.79 Å². The van der Waals surface area contributed by atoms with E-state index in [1.54, 1.807) is 31.5 Å². The Labute approximate surface area is 131 Å². The van der Waals surface area contributed by atoms with E-state index in [0.29, 0.717) is 17.1 Å². The van der Waals surface area contributed by atoms with Gasteiger partial charge >= 0.3 is 5.97 Å². The lowest BCUT2D eigenvalue weighted by Gasteiger charge is -2.00. The summed E-state index contributed by atoms with van der Waals surface area (Å²) in [5.74, 6) is 0.799. The van der Waals surface area contributed by atoms with Crippen LogP contribution in [0.1, 0.15) is 16.2 Å². The van der Waals surface area contributed by atoms with E-state index in [-0.39, 0.29) is 12.5 Å². The fourth-order valence-corrected chi connectivity index (χ4v) is 1.89. The molecule has 0 spiro atoms. The van der Waals surface area contributed by atoms with Crippen molar-refractivity contribution in [1.29, 1.82) is 0 Å². The van der Waals surface area contributed by atoms with Gasteiger partial charge in [0, 0.05) is 18.0 Å². The van der Waals surface area contributed by atoms with Crippen molar-refractivity contribution in [2.75, 3.05) is 7.11 Å². The number of esters is 1. The molecule has 3 rings (SSSR count). The molecule has 0 saturated carbocycles. The molecule has 0 aliphatic carbocycles. The van der Waals surface area contributed by atoms with Crippen LogP contribution in [0, 0.1) is 0 Å².